The molecule has 27 heavy (non-hydrogen) atoms. The van der Waals surface area contributed by atoms with Gasteiger partial charge in [-0.2, -0.15) is 4.98 Å². The van der Waals surface area contributed by atoms with Gasteiger partial charge in [0, 0.05) is 18.2 Å². The van der Waals surface area contributed by atoms with Crippen LogP contribution in [0.3, 0.4) is 0 Å². The van der Waals surface area contributed by atoms with Crippen LogP contribution >= 0.6 is 0 Å². The number of carbonyl (C=O) groups is 1. The van der Waals surface area contributed by atoms with Gasteiger partial charge in [-0.3, -0.25) is 9.59 Å². The van der Waals surface area contributed by atoms with Crippen LogP contribution in [0.2, 0.25) is 0 Å². The van der Waals surface area contributed by atoms with Crippen LogP contribution in [0.1, 0.15) is 5.89 Å². The second-order valence-electron chi connectivity index (χ2n) is 5.84. The Morgan fingerprint density at radius 1 is 1.19 bits per heavy atom. The van der Waals surface area contributed by atoms with Gasteiger partial charge in [0.15, 0.2) is 0 Å². The van der Waals surface area contributed by atoms with E-state index in [1.54, 1.807) is 55.5 Å². The van der Waals surface area contributed by atoms with Crippen molar-refractivity contribution < 1.29 is 9.32 Å². The largest absolute Gasteiger partial charge is 0.339 e. The molecule has 2 aromatic heterocycles. The van der Waals surface area contributed by atoms with Gasteiger partial charge in [0.2, 0.25) is 17.6 Å². The fraction of sp³-hybridized carbons (Fsp3) is 0.111. The molecule has 1 N–H and O–H groups in total. The Bertz CT molecular complexity index is 1200. The van der Waals surface area contributed by atoms with Crippen molar-refractivity contribution in [2.75, 3.05) is 5.32 Å². The van der Waals surface area contributed by atoms with Gasteiger partial charge in [-0.25, -0.2) is 4.68 Å². The Kier molecular flexibility index (Phi) is 4.17. The Labute approximate surface area is 152 Å². The van der Waals surface area contributed by atoms with Gasteiger partial charge in [0.1, 0.15) is 12.1 Å². The van der Waals surface area contributed by atoms with Crippen molar-refractivity contribution in [3.63, 3.8) is 0 Å². The van der Waals surface area contributed by atoms with Crippen molar-refractivity contribution >= 4 is 22.5 Å². The summed E-state index contributed by atoms with van der Waals surface area (Å²) in [4.78, 5) is 28.9. The second kappa shape index (κ2) is 6.79. The molecule has 4 rings (SSSR count). The topological polar surface area (TPSA) is 116 Å². The maximum Gasteiger partial charge on any atom is 0.278 e. The summed E-state index contributed by atoms with van der Waals surface area (Å²) in [5, 5.41) is 14.8. The maximum absolute atomic E-state index is 12.4. The van der Waals surface area contributed by atoms with Crippen LogP contribution in [0.15, 0.2) is 57.8 Å². The number of aryl methyl sites for hydroxylation is 1. The number of hydrogen-bond acceptors (Lipinski definition) is 7. The first kappa shape index (κ1) is 16.6. The number of rotatable bonds is 4. The molecular weight excluding hydrogens is 348 g/mol. The molecule has 0 aliphatic carbocycles. The van der Waals surface area contributed by atoms with Crippen molar-refractivity contribution in [3.05, 3.63) is 64.8 Å². The van der Waals surface area contributed by atoms with E-state index in [4.69, 9.17) is 4.52 Å². The van der Waals surface area contributed by atoms with Gasteiger partial charge in [-0.05, 0) is 24.3 Å². The third-order valence-corrected chi connectivity index (χ3v) is 3.85. The lowest BCUT2D eigenvalue weighted by molar-refractivity contribution is -0.117. The minimum atomic E-state index is -0.400. The minimum Gasteiger partial charge on any atom is -0.339 e. The molecule has 0 atom stereocenters. The van der Waals surface area contributed by atoms with Crippen LogP contribution in [-0.2, 0) is 11.3 Å². The Morgan fingerprint density at radius 3 is 2.85 bits per heavy atom. The Hall–Kier alpha value is -3.88. The highest BCUT2D eigenvalue weighted by Gasteiger charge is 2.11. The lowest BCUT2D eigenvalue weighted by Gasteiger charge is -2.07. The minimum absolute atomic E-state index is 0.248. The fourth-order valence-corrected chi connectivity index (χ4v) is 2.62. The Morgan fingerprint density at radius 2 is 2.04 bits per heavy atom. The molecule has 0 fully saturated rings. The van der Waals surface area contributed by atoms with E-state index in [9.17, 15) is 9.59 Å². The lowest BCUT2D eigenvalue weighted by Crippen LogP contribution is -2.30. The molecule has 0 aliphatic heterocycles. The predicted octanol–water partition coefficient (Wildman–Crippen LogP) is 1.79. The molecule has 0 bridgehead atoms. The summed E-state index contributed by atoms with van der Waals surface area (Å²) in [5.74, 6) is 0.483. The molecule has 0 aliphatic rings. The summed E-state index contributed by atoms with van der Waals surface area (Å²) in [7, 11) is 0. The summed E-state index contributed by atoms with van der Waals surface area (Å²) < 4.78 is 6.00. The lowest BCUT2D eigenvalue weighted by atomic mass is 10.2. The molecule has 4 aromatic rings. The zero-order chi connectivity index (χ0) is 18.8. The SMILES string of the molecule is Cc1nc(-c2cccc(NC(=O)Cn3nnc4ccccc4c3=O)c2)no1. The normalized spacial score (nSPS) is 10.9. The molecule has 9 nitrogen and oxygen atoms in total. The molecule has 2 heterocycles. The molecule has 0 spiro atoms. The number of aromatic nitrogens is 5. The summed E-state index contributed by atoms with van der Waals surface area (Å²) in [6, 6.07) is 13.9. The van der Waals surface area contributed by atoms with Crippen LogP contribution in [0, 0.1) is 6.92 Å². The Balaban J connectivity index is 1.53. The first-order chi connectivity index (χ1) is 13.1. The van der Waals surface area contributed by atoms with Crippen LogP contribution in [-0.4, -0.2) is 31.0 Å². The van der Waals surface area contributed by atoms with E-state index >= 15 is 0 Å². The molecule has 0 radical (unpaired) electrons. The van der Waals surface area contributed by atoms with Gasteiger partial charge in [-0.15, -0.1) is 5.10 Å². The first-order valence-corrected chi connectivity index (χ1v) is 8.13. The molecule has 9 heteroatoms. The van der Waals surface area contributed by atoms with Crippen molar-refractivity contribution in [1.29, 1.82) is 0 Å². The highest BCUT2D eigenvalue weighted by molar-refractivity contribution is 5.91. The molecule has 1 amide bonds. The van der Waals surface area contributed by atoms with Gasteiger partial charge < -0.3 is 9.84 Å². The molecule has 0 saturated heterocycles. The van der Waals surface area contributed by atoms with Crippen molar-refractivity contribution in [3.8, 4) is 11.4 Å². The number of hydrogen-bond donors (Lipinski definition) is 1. The third kappa shape index (κ3) is 3.43. The summed E-state index contributed by atoms with van der Waals surface area (Å²) in [5.41, 5.74) is 1.36. The highest BCUT2D eigenvalue weighted by Crippen LogP contribution is 2.19. The van der Waals surface area contributed by atoms with E-state index in [0.29, 0.717) is 33.9 Å². The predicted molar refractivity (Wildman–Crippen MR) is 96.9 cm³/mol. The van der Waals surface area contributed by atoms with E-state index in [0.717, 1.165) is 4.68 Å². The quantitative estimate of drug-likeness (QED) is 0.588. The van der Waals surface area contributed by atoms with Crippen LogP contribution in [0.5, 0.6) is 0 Å². The first-order valence-electron chi connectivity index (χ1n) is 8.13. The van der Waals surface area contributed by atoms with Crippen molar-refractivity contribution in [2.24, 2.45) is 0 Å². The molecule has 2 aromatic carbocycles. The third-order valence-electron chi connectivity index (χ3n) is 3.85. The zero-order valence-corrected chi connectivity index (χ0v) is 14.3. The molecule has 0 saturated carbocycles. The number of benzene rings is 2. The highest BCUT2D eigenvalue weighted by atomic mass is 16.5. The number of nitrogens with one attached hydrogen (secondary N) is 1. The van der Waals surface area contributed by atoms with Gasteiger partial charge in [-0.1, -0.05) is 34.6 Å². The van der Waals surface area contributed by atoms with Crippen molar-refractivity contribution in [1.82, 2.24) is 25.1 Å². The van der Waals surface area contributed by atoms with Crippen LogP contribution in [0.25, 0.3) is 22.3 Å². The zero-order valence-electron chi connectivity index (χ0n) is 14.3. The van der Waals surface area contributed by atoms with Crippen LogP contribution in [0.4, 0.5) is 5.69 Å². The second-order valence-corrected chi connectivity index (χ2v) is 5.84. The van der Waals surface area contributed by atoms with E-state index in [1.165, 1.54) is 0 Å². The van der Waals surface area contributed by atoms with E-state index in [1.807, 2.05) is 0 Å². The number of fused-ring (bicyclic) bond motifs is 1. The summed E-state index contributed by atoms with van der Waals surface area (Å²) in [6.45, 7) is 1.45. The summed E-state index contributed by atoms with van der Waals surface area (Å²) in [6.07, 6.45) is 0. The maximum atomic E-state index is 12.4. The average molecular weight is 362 g/mol. The molecule has 0 unspecified atom stereocenters. The average Bonchev–Trinajstić information content (AvgIpc) is 3.11. The molecular formula is C18H14N6O3. The fourth-order valence-electron chi connectivity index (χ4n) is 2.62. The standard InChI is InChI=1S/C18H14N6O3/c1-11-19-17(22-27-11)12-5-4-6-13(9-12)20-16(25)10-24-18(26)14-7-2-3-8-15(14)21-23-24/h2-9H,10H2,1H3,(H,20,25). The van der Waals surface area contributed by atoms with Gasteiger partial charge >= 0.3 is 0 Å². The monoisotopic (exact) mass is 362 g/mol. The van der Waals surface area contributed by atoms with E-state index in [2.05, 4.69) is 25.8 Å². The summed E-state index contributed by atoms with van der Waals surface area (Å²) >= 11 is 0. The van der Waals surface area contributed by atoms with E-state index < -0.39 is 5.91 Å². The van der Waals surface area contributed by atoms with E-state index in [-0.39, 0.29) is 12.1 Å². The van der Waals surface area contributed by atoms with Gasteiger partial charge in [0.05, 0.1) is 5.39 Å². The number of amides is 1. The van der Waals surface area contributed by atoms with Gasteiger partial charge in [0.25, 0.3) is 5.56 Å². The number of nitrogens with zero attached hydrogens (tertiary/aromatic N) is 5. The molecule has 134 valence electrons. The van der Waals surface area contributed by atoms with Crippen LogP contribution < -0.4 is 10.9 Å². The smallest absolute Gasteiger partial charge is 0.278 e. The van der Waals surface area contributed by atoms with Crippen molar-refractivity contribution in [2.45, 2.75) is 13.5 Å². The number of carbonyl (C=O) groups excluding carboxylic acids is 1. The number of anilines is 1.